The predicted octanol–water partition coefficient (Wildman–Crippen LogP) is 2.79. The molecule has 3 aromatic rings. The highest BCUT2D eigenvalue weighted by Crippen LogP contribution is 2.21. The van der Waals surface area contributed by atoms with Gasteiger partial charge in [-0.25, -0.2) is 9.78 Å². The number of hydrogen-bond donors (Lipinski definition) is 1. The van der Waals surface area contributed by atoms with Gasteiger partial charge in [0.25, 0.3) is 0 Å². The molecule has 0 radical (unpaired) electrons. The van der Waals surface area contributed by atoms with Crippen LogP contribution in [0.15, 0.2) is 48.8 Å². The van der Waals surface area contributed by atoms with Crippen molar-refractivity contribution < 1.29 is 14.6 Å². The van der Waals surface area contributed by atoms with Gasteiger partial charge in [-0.15, -0.1) is 0 Å². The SMILES string of the molecule is COc1ncccc1Cn1ccc2cc(C(=O)O)ccc21. The lowest BCUT2D eigenvalue weighted by atomic mass is 10.1. The van der Waals surface area contributed by atoms with Crippen LogP contribution < -0.4 is 4.74 Å². The number of carboxylic acids is 1. The molecule has 21 heavy (non-hydrogen) atoms. The molecule has 1 aromatic carbocycles. The number of aromatic nitrogens is 2. The van der Waals surface area contributed by atoms with E-state index < -0.39 is 5.97 Å². The Kier molecular flexibility index (Phi) is 3.31. The molecule has 0 saturated heterocycles. The Morgan fingerprint density at radius 2 is 2.19 bits per heavy atom. The van der Waals surface area contributed by atoms with Crippen LogP contribution in [0.3, 0.4) is 0 Å². The first-order valence-corrected chi connectivity index (χ1v) is 6.49. The quantitative estimate of drug-likeness (QED) is 0.799. The molecule has 0 amide bonds. The van der Waals surface area contributed by atoms with E-state index in [2.05, 4.69) is 4.98 Å². The lowest BCUT2D eigenvalue weighted by molar-refractivity contribution is 0.0697. The Hall–Kier alpha value is -2.82. The summed E-state index contributed by atoms with van der Waals surface area (Å²) in [5.74, 6) is -0.319. The van der Waals surface area contributed by atoms with Crippen LogP contribution in [0.5, 0.6) is 5.88 Å². The fraction of sp³-hybridized carbons (Fsp3) is 0.125. The smallest absolute Gasteiger partial charge is 0.335 e. The van der Waals surface area contributed by atoms with Crippen molar-refractivity contribution in [1.29, 1.82) is 0 Å². The third-order valence-electron chi connectivity index (χ3n) is 3.40. The van der Waals surface area contributed by atoms with Crippen molar-refractivity contribution in [2.75, 3.05) is 7.11 Å². The van der Waals surface area contributed by atoms with E-state index in [1.165, 1.54) is 0 Å². The molecule has 0 atom stereocenters. The summed E-state index contributed by atoms with van der Waals surface area (Å²) in [6.45, 7) is 0.618. The average Bonchev–Trinajstić information content (AvgIpc) is 2.90. The Labute approximate surface area is 121 Å². The number of rotatable bonds is 4. The predicted molar refractivity (Wildman–Crippen MR) is 78.8 cm³/mol. The number of nitrogens with zero attached hydrogens (tertiary/aromatic N) is 2. The summed E-state index contributed by atoms with van der Waals surface area (Å²) < 4.78 is 7.30. The molecule has 0 aliphatic heterocycles. The topological polar surface area (TPSA) is 64.4 Å². The fourth-order valence-electron chi connectivity index (χ4n) is 2.38. The van der Waals surface area contributed by atoms with Crippen molar-refractivity contribution in [1.82, 2.24) is 9.55 Å². The van der Waals surface area contributed by atoms with Gasteiger partial charge in [0, 0.05) is 28.9 Å². The average molecular weight is 282 g/mol. The van der Waals surface area contributed by atoms with Gasteiger partial charge in [0.1, 0.15) is 0 Å². The van der Waals surface area contributed by atoms with Gasteiger partial charge in [0.15, 0.2) is 0 Å². The van der Waals surface area contributed by atoms with Crippen LogP contribution in [-0.2, 0) is 6.54 Å². The highest BCUT2D eigenvalue weighted by atomic mass is 16.5. The number of aromatic carboxylic acids is 1. The van der Waals surface area contributed by atoms with Crippen molar-refractivity contribution in [2.24, 2.45) is 0 Å². The first-order valence-electron chi connectivity index (χ1n) is 6.49. The van der Waals surface area contributed by atoms with Crippen molar-refractivity contribution in [3.05, 3.63) is 59.9 Å². The van der Waals surface area contributed by atoms with Gasteiger partial charge in [-0.2, -0.15) is 0 Å². The summed E-state index contributed by atoms with van der Waals surface area (Å²) in [5.41, 5.74) is 2.24. The van der Waals surface area contributed by atoms with E-state index in [9.17, 15) is 4.79 Å². The summed E-state index contributed by atoms with van der Waals surface area (Å²) in [6.07, 6.45) is 3.62. The van der Waals surface area contributed by atoms with Crippen molar-refractivity contribution in [3.8, 4) is 5.88 Å². The lowest BCUT2D eigenvalue weighted by Gasteiger charge is -2.09. The van der Waals surface area contributed by atoms with Crippen LogP contribution in [0.25, 0.3) is 10.9 Å². The Bertz CT molecular complexity index is 808. The van der Waals surface area contributed by atoms with Crippen LogP contribution in [0.4, 0.5) is 0 Å². The van der Waals surface area contributed by atoms with Gasteiger partial charge < -0.3 is 14.4 Å². The summed E-state index contributed by atoms with van der Waals surface area (Å²) in [6, 6.07) is 10.8. The van der Waals surface area contributed by atoms with E-state index >= 15 is 0 Å². The van der Waals surface area contributed by atoms with Gasteiger partial charge >= 0.3 is 5.97 Å². The number of benzene rings is 1. The maximum Gasteiger partial charge on any atom is 0.335 e. The zero-order valence-electron chi connectivity index (χ0n) is 11.5. The second kappa shape index (κ2) is 5.28. The highest BCUT2D eigenvalue weighted by Gasteiger charge is 2.09. The van der Waals surface area contributed by atoms with Crippen LogP contribution in [0.2, 0.25) is 0 Å². The number of hydrogen-bond acceptors (Lipinski definition) is 3. The molecule has 0 unspecified atom stereocenters. The molecule has 0 saturated carbocycles. The second-order valence-corrected chi connectivity index (χ2v) is 4.69. The minimum Gasteiger partial charge on any atom is -0.481 e. The van der Waals surface area contributed by atoms with Crippen LogP contribution >= 0.6 is 0 Å². The second-order valence-electron chi connectivity index (χ2n) is 4.69. The van der Waals surface area contributed by atoms with E-state index in [4.69, 9.17) is 9.84 Å². The highest BCUT2D eigenvalue weighted by molar-refractivity contribution is 5.93. The zero-order chi connectivity index (χ0) is 14.8. The van der Waals surface area contributed by atoms with Gasteiger partial charge in [-0.1, -0.05) is 6.07 Å². The normalized spacial score (nSPS) is 10.7. The third kappa shape index (κ3) is 2.45. The molecule has 0 bridgehead atoms. The minimum atomic E-state index is -0.918. The molecule has 5 heteroatoms. The number of carbonyl (C=O) groups is 1. The van der Waals surface area contributed by atoms with Crippen LogP contribution in [-0.4, -0.2) is 27.7 Å². The van der Waals surface area contributed by atoms with Gasteiger partial charge in [-0.3, -0.25) is 0 Å². The Morgan fingerprint density at radius 1 is 1.33 bits per heavy atom. The van der Waals surface area contributed by atoms with E-state index in [1.54, 1.807) is 25.4 Å². The number of fused-ring (bicyclic) bond motifs is 1. The lowest BCUT2D eigenvalue weighted by Crippen LogP contribution is -2.02. The molecule has 5 nitrogen and oxygen atoms in total. The number of carboxylic acid groups (broad SMARTS) is 1. The van der Waals surface area contributed by atoms with E-state index in [0.29, 0.717) is 18.0 Å². The number of ether oxygens (including phenoxy) is 1. The van der Waals surface area contributed by atoms with Gasteiger partial charge in [0.05, 0.1) is 19.2 Å². The molecule has 3 rings (SSSR count). The van der Waals surface area contributed by atoms with Gasteiger partial charge in [0.2, 0.25) is 5.88 Å². The van der Waals surface area contributed by atoms with Crippen LogP contribution in [0.1, 0.15) is 15.9 Å². The molecule has 0 aliphatic rings. The molecular formula is C16H14N2O3. The van der Waals surface area contributed by atoms with Crippen molar-refractivity contribution >= 4 is 16.9 Å². The molecule has 106 valence electrons. The summed E-state index contributed by atoms with van der Waals surface area (Å²) >= 11 is 0. The Morgan fingerprint density at radius 3 is 2.95 bits per heavy atom. The van der Waals surface area contributed by atoms with E-state index in [1.807, 2.05) is 35.0 Å². The van der Waals surface area contributed by atoms with E-state index in [-0.39, 0.29) is 0 Å². The fourth-order valence-corrected chi connectivity index (χ4v) is 2.38. The summed E-state index contributed by atoms with van der Waals surface area (Å²) in [4.78, 5) is 15.2. The molecular weight excluding hydrogens is 268 g/mol. The maximum absolute atomic E-state index is 11.0. The van der Waals surface area contributed by atoms with E-state index in [0.717, 1.165) is 16.5 Å². The molecule has 0 aliphatic carbocycles. The minimum absolute atomic E-state index is 0.291. The standard InChI is InChI=1S/C16H14N2O3/c1-21-15-13(3-2-7-17-15)10-18-8-6-11-9-12(16(19)20)4-5-14(11)18/h2-9H,10H2,1H3,(H,19,20). The zero-order valence-corrected chi connectivity index (χ0v) is 11.5. The number of pyridine rings is 1. The molecule has 2 aromatic heterocycles. The van der Waals surface area contributed by atoms with Crippen LogP contribution in [0, 0.1) is 0 Å². The first kappa shape index (κ1) is 13.2. The maximum atomic E-state index is 11.0. The monoisotopic (exact) mass is 282 g/mol. The molecule has 1 N–H and O–H groups in total. The van der Waals surface area contributed by atoms with Gasteiger partial charge in [-0.05, 0) is 30.3 Å². The number of methoxy groups -OCH3 is 1. The van der Waals surface area contributed by atoms with Crippen molar-refractivity contribution in [2.45, 2.75) is 6.54 Å². The molecule has 2 heterocycles. The third-order valence-corrected chi connectivity index (χ3v) is 3.40. The van der Waals surface area contributed by atoms with Crippen molar-refractivity contribution in [3.63, 3.8) is 0 Å². The Balaban J connectivity index is 2.00. The molecule has 0 fully saturated rings. The molecule has 0 spiro atoms. The first-order chi connectivity index (χ1) is 10.2. The summed E-state index contributed by atoms with van der Waals surface area (Å²) in [5, 5.41) is 9.92. The largest absolute Gasteiger partial charge is 0.481 e. The summed E-state index contributed by atoms with van der Waals surface area (Å²) in [7, 11) is 1.60.